The van der Waals surface area contributed by atoms with Crippen LogP contribution in [0.3, 0.4) is 0 Å². The van der Waals surface area contributed by atoms with Crippen molar-refractivity contribution in [3.05, 3.63) is 28.8 Å². The van der Waals surface area contributed by atoms with Gasteiger partial charge in [0.15, 0.2) is 0 Å². The first-order chi connectivity index (χ1) is 12.4. The molecule has 150 valence electrons. The fraction of sp³-hybridized carbons (Fsp3) is 0.727. The van der Waals surface area contributed by atoms with Crippen LogP contribution in [0.5, 0.6) is 0 Å². The third-order valence-electron chi connectivity index (χ3n) is 5.38. The molecule has 1 aromatic rings. The molecule has 0 aliphatic carbocycles. The van der Waals surface area contributed by atoms with Gasteiger partial charge < -0.3 is 4.55 Å². The second kappa shape index (κ2) is 15.0. The van der Waals surface area contributed by atoms with E-state index in [1.54, 1.807) is 6.07 Å². The standard InChI is InChI=1S/C22H38O3S.Na/c1-4-5-6-7-8-9-10-11-12-13-14-15-16-21-20(3)19(2)17-18-22(21)26(23,24)25;/h17-18H,4-16H2,1-3H3,(H,23,24,25);/q;+1/p-1. The van der Waals surface area contributed by atoms with Gasteiger partial charge in [-0.3, -0.25) is 0 Å². The Morgan fingerprint density at radius 1 is 0.778 bits per heavy atom. The van der Waals surface area contributed by atoms with E-state index < -0.39 is 10.1 Å². The van der Waals surface area contributed by atoms with Gasteiger partial charge in [-0.05, 0) is 49.4 Å². The minimum absolute atomic E-state index is 0. The Kier molecular flexibility index (Phi) is 15.1. The van der Waals surface area contributed by atoms with E-state index in [0.717, 1.165) is 29.5 Å². The summed E-state index contributed by atoms with van der Waals surface area (Å²) >= 11 is 0. The van der Waals surface area contributed by atoms with Crippen LogP contribution in [-0.2, 0) is 16.5 Å². The van der Waals surface area contributed by atoms with Crippen molar-refractivity contribution in [1.82, 2.24) is 0 Å². The number of hydrogen-bond donors (Lipinski definition) is 0. The third-order valence-corrected chi connectivity index (χ3v) is 6.30. The van der Waals surface area contributed by atoms with Gasteiger partial charge in [0.1, 0.15) is 10.1 Å². The van der Waals surface area contributed by atoms with Crippen molar-refractivity contribution in [3.8, 4) is 0 Å². The molecule has 0 spiro atoms. The Morgan fingerprint density at radius 2 is 1.22 bits per heavy atom. The second-order valence-electron chi connectivity index (χ2n) is 7.58. The largest absolute Gasteiger partial charge is 1.00 e. The van der Waals surface area contributed by atoms with Crippen LogP contribution >= 0.6 is 0 Å². The molecule has 0 aliphatic heterocycles. The van der Waals surface area contributed by atoms with Crippen molar-refractivity contribution in [1.29, 1.82) is 0 Å². The van der Waals surface area contributed by atoms with E-state index >= 15 is 0 Å². The Labute approximate surface area is 189 Å². The zero-order valence-corrected chi connectivity index (χ0v) is 20.8. The summed E-state index contributed by atoms with van der Waals surface area (Å²) in [6, 6.07) is 3.20. The van der Waals surface area contributed by atoms with E-state index in [1.165, 1.54) is 70.3 Å². The summed E-state index contributed by atoms with van der Waals surface area (Å²) in [6.45, 7) is 6.13. The van der Waals surface area contributed by atoms with Crippen LogP contribution in [0.2, 0.25) is 0 Å². The van der Waals surface area contributed by atoms with E-state index in [9.17, 15) is 13.0 Å². The molecule has 0 heterocycles. The predicted octanol–water partition coefficient (Wildman–Crippen LogP) is 3.46. The van der Waals surface area contributed by atoms with Crippen molar-refractivity contribution in [2.75, 3.05) is 0 Å². The molecule has 1 aromatic carbocycles. The molecule has 0 aliphatic rings. The molecule has 5 heteroatoms. The molecule has 0 bridgehead atoms. The molecule has 0 saturated heterocycles. The first kappa shape index (κ1) is 27.1. The smallest absolute Gasteiger partial charge is 0.744 e. The van der Waals surface area contributed by atoms with Crippen molar-refractivity contribution < 1.29 is 42.5 Å². The van der Waals surface area contributed by atoms with Gasteiger partial charge in [0.05, 0.1) is 4.90 Å². The number of unbranched alkanes of at least 4 members (excludes halogenated alkanes) is 11. The molecular weight excluding hydrogens is 367 g/mol. The zero-order chi connectivity index (χ0) is 19.4. The summed E-state index contributed by atoms with van der Waals surface area (Å²) in [5.41, 5.74) is 2.73. The maximum atomic E-state index is 11.5. The molecule has 0 fully saturated rings. The molecule has 0 aromatic heterocycles. The van der Waals surface area contributed by atoms with Gasteiger partial charge >= 0.3 is 29.6 Å². The minimum atomic E-state index is -4.39. The van der Waals surface area contributed by atoms with Gasteiger partial charge in [-0.1, -0.05) is 83.6 Å². The average Bonchev–Trinajstić information content (AvgIpc) is 2.58. The number of aryl methyl sites for hydroxylation is 1. The average molecular weight is 405 g/mol. The van der Waals surface area contributed by atoms with E-state index in [4.69, 9.17) is 0 Å². The van der Waals surface area contributed by atoms with Gasteiger partial charge in [0.25, 0.3) is 0 Å². The SMILES string of the molecule is CCCCCCCCCCCCCCc1c(S(=O)(=O)[O-])ccc(C)c1C.[Na+]. The Bertz CT molecular complexity index is 627. The van der Waals surface area contributed by atoms with Gasteiger partial charge in [-0.15, -0.1) is 0 Å². The molecule has 3 nitrogen and oxygen atoms in total. The quantitative estimate of drug-likeness (QED) is 0.271. The van der Waals surface area contributed by atoms with E-state index in [2.05, 4.69) is 6.92 Å². The van der Waals surface area contributed by atoms with Crippen LogP contribution in [0.1, 0.15) is 101 Å². The molecule has 0 amide bonds. The number of hydrogen-bond acceptors (Lipinski definition) is 3. The van der Waals surface area contributed by atoms with Crippen LogP contribution in [0.15, 0.2) is 17.0 Å². The van der Waals surface area contributed by atoms with Crippen molar-refractivity contribution in [2.24, 2.45) is 0 Å². The zero-order valence-electron chi connectivity index (χ0n) is 18.0. The van der Waals surface area contributed by atoms with Gasteiger partial charge in [-0.25, -0.2) is 8.42 Å². The monoisotopic (exact) mass is 404 g/mol. The summed E-state index contributed by atoms with van der Waals surface area (Å²) in [5.74, 6) is 0. The molecule has 0 saturated carbocycles. The summed E-state index contributed by atoms with van der Waals surface area (Å²) in [4.78, 5) is -0.0244. The molecule has 0 N–H and O–H groups in total. The van der Waals surface area contributed by atoms with Crippen LogP contribution in [0.4, 0.5) is 0 Å². The first-order valence-electron chi connectivity index (χ1n) is 10.4. The first-order valence-corrected chi connectivity index (χ1v) is 11.8. The topological polar surface area (TPSA) is 57.2 Å². The maximum absolute atomic E-state index is 11.5. The van der Waals surface area contributed by atoms with Crippen molar-refractivity contribution >= 4 is 10.1 Å². The fourth-order valence-corrected chi connectivity index (χ4v) is 4.33. The molecule has 1 rings (SSSR count). The van der Waals surface area contributed by atoms with Crippen molar-refractivity contribution in [2.45, 2.75) is 109 Å². The second-order valence-corrected chi connectivity index (χ2v) is 8.93. The van der Waals surface area contributed by atoms with Crippen LogP contribution in [0, 0.1) is 13.8 Å². The van der Waals surface area contributed by atoms with Gasteiger partial charge in [0.2, 0.25) is 0 Å². The van der Waals surface area contributed by atoms with Crippen molar-refractivity contribution in [3.63, 3.8) is 0 Å². The maximum Gasteiger partial charge on any atom is 1.00 e. The van der Waals surface area contributed by atoms with E-state index in [0.29, 0.717) is 6.42 Å². The number of rotatable bonds is 14. The molecule has 0 radical (unpaired) electrons. The summed E-state index contributed by atoms with van der Waals surface area (Å²) in [6.07, 6.45) is 16.0. The fourth-order valence-electron chi connectivity index (χ4n) is 3.54. The predicted molar refractivity (Wildman–Crippen MR) is 109 cm³/mol. The molecule has 27 heavy (non-hydrogen) atoms. The Balaban J connectivity index is 0.00000676. The molecule has 0 atom stereocenters. The Morgan fingerprint density at radius 3 is 1.67 bits per heavy atom. The molecule has 0 unspecified atom stereocenters. The van der Waals surface area contributed by atoms with E-state index in [1.807, 2.05) is 13.8 Å². The van der Waals surface area contributed by atoms with Crippen LogP contribution in [0.25, 0.3) is 0 Å². The minimum Gasteiger partial charge on any atom is -0.744 e. The van der Waals surface area contributed by atoms with Crippen LogP contribution < -0.4 is 29.6 Å². The molecular formula is C22H37NaO3S. The van der Waals surface area contributed by atoms with E-state index in [-0.39, 0.29) is 34.5 Å². The Hall–Kier alpha value is 0.130. The normalized spacial score (nSPS) is 11.4. The van der Waals surface area contributed by atoms with Gasteiger partial charge in [0, 0.05) is 0 Å². The third kappa shape index (κ3) is 11.0. The van der Waals surface area contributed by atoms with Crippen LogP contribution in [-0.4, -0.2) is 13.0 Å². The van der Waals surface area contributed by atoms with Gasteiger partial charge in [-0.2, -0.15) is 0 Å². The number of benzene rings is 1. The summed E-state index contributed by atoms with van der Waals surface area (Å²) < 4.78 is 34.4. The summed E-state index contributed by atoms with van der Waals surface area (Å²) in [5, 5.41) is 0. The summed E-state index contributed by atoms with van der Waals surface area (Å²) in [7, 11) is -4.39.